The third-order valence-electron chi connectivity index (χ3n) is 6.34. The quantitative estimate of drug-likeness (QED) is 0.618. The number of piperidine rings is 1. The van der Waals surface area contributed by atoms with E-state index in [0.717, 1.165) is 17.0 Å². The van der Waals surface area contributed by atoms with Crippen LogP contribution in [0.5, 0.6) is 0 Å². The summed E-state index contributed by atoms with van der Waals surface area (Å²) in [7, 11) is 0. The van der Waals surface area contributed by atoms with Crippen molar-refractivity contribution in [3.05, 3.63) is 76.7 Å². The Bertz CT molecular complexity index is 1120. The van der Waals surface area contributed by atoms with E-state index in [0.29, 0.717) is 56.3 Å². The number of benzene rings is 1. The van der Waals surface area contributed by atoms with Gasteiger partial charge in [0.05, 0.1) is 38.0 Å². The summed E-state index contributed by atoms with van der Waals surface area (Å²) in [5.41, 5.74) is 2.27. The van der Waals surface area contributed by atoms with Gasteiger partial charge in [0.2, 0.25) is 5.91 Å². The lowest BCUT2D eigenvalue weighted by Crippen LogP contribution is -2.43. The van der Waals surface area contributed by atoms with Crippen LogP contribution in [-0.4, -0.2) is 39.4 Å². The van der Waals surface area contributed by atoms with Gasteiger partial charge in [-0.1, -0.05) is 23.7 Å². The van der Waals surface area contributed by atoms with Gasteiger partial charge in [-0.3, -0.25) is 9.59 Å². The second-order valence-corrected chi connectivity index (χ2v) is 8.84. The molecule has 3 aromatic rings. The zero-order valence-electron chi connectivity index (χ0n) is 18.1. The van der Waals surface area contributed by atoms with Crippen LogP contribution in [0.1, 0.15) is 46.5 Å². The van der Waals surface area contributed by atoms with Crippen LogP contribution in [0.4, 0.5) is 0 Å². The number of likely N-dealkylation sites (tertiary alicyclic amines) is 1. The van der Waals surface area contributed by atoms with Gasteiger partial charge in [-0.05, 0) is 42.7 Å². The lowest BCUT2D eigenvalue weighted by atomic mass is 9.95. The van der Waals surface area contributed by atoms with Gasteiger partial charge in [0.25, 0.3) is 5.91 Å². The molecule has 1 aromatic carbocycles. The summed E-state index contributed by atoms with van der Waals surface area (Å²) in [5.74, 6) is 0.510. The van der Waals surface area contributed by atoms with E-state index >= 15 is 0 Å². The minimum Gasteiger partial charge on any atom is -0.467 e. The average molecular weight is 469 g/mol. The third-order valence-corrected chi connectivity index (χ3v) is 6.60. The van der Waals surface area contributed by atoms with Crippen LogP contribution in [0.3, 0.4) is 0 Å². The Kier molecular flexibility index (Phi) is 6.20. The molecule has 5 rings (SSSR count). The number of carbonyl (C=O) groups excluding carboxylic acids is 2. The van der Waals surface area contributed by atoms with Gasteiger partial charge < -0.3 is 23.9 Å². The number of carbonyl (C=O) groups is 2. The predicted octanol–water partition coefficient (Wildman–Crippen LogP) is 3.57. The fourth-order valence-corrected chi connectivity index (χ4v) is 4.54. The molecule has 2 aliphatic heterocycles. The molecule has 172 valence electrons. The molecule has 1 N–H and O–H groups in total. The maximum absolute atomic E-state index is 13.1. The molecule has 0 aliphatic carbocycles. The number of furan rings is 1. The average Bonchev–Trinajstić information content (AvgIpc) is 3.52. The van der Waals surface area contributed by atoms with E-state index in [2.05, 4.69) is 10.3 Å². The SMILES string of the molecule is O=C(NCc1ccco1)C1CCN(C(=O)c2ncn3c2CO[C@H](c2ccc(Cl)cc2)C3)CC1. The molecule has 1 atom stereocenters. The van der Waals surface area contributed by atoms with Gasteiger partial charge >= 0.3 is 0 Å². The first-order valence-electron chi connectivity index (χ1n) is 11.1. The molecule has 0 saturated carbocycles. The Hall–Kier alpha value is -3.10. The highest BCUT2D eigenvalue weighted by Gasteiger charge is 2.32. The van der Waals surface area contributed by atoms with E-state index in [-0.39, 0.29) is 23.8 Å². The van der Waals surface area contributed by atoms with E-state index in [4.69, 9.17) is 20.8 Å². The molecule has 4 heterocycles. The van der Waals surface area contributed by atoms with Crippen molar-refractivity contribution in [3.63, 3.8) is 0 Å². The van der Waals surface area contributed by atoms with Crippen LogP contribution in [0, 0.1) is 5.92 Å². The van der Waals surface area contributed by atoms with Crippen molar-refractivity contribution in [1.29, 1.82) is 0 Å². The summed E-state index contributed by atoms with van der Waals surface area (Å²) in [5, 5.41) is 3.60. The van der Waals surface area contributed by atoms with Crippen molar-refractivity contribution in [2.75, 3.05) is 13.1 Å². The number of imidazole rings is 1. The smallest absolute Gasteiger partial charge is 0.274 e. The molecule has 0 spiro atoms. The summed E-state index contributed by atoms with van der Waals surface area (Å²) in [4.78, 5) is 31.8. The van der Waals surface area contributed by atoms with Crippen LogP contribution in [0.2, 0.25) is 5.02 Å². The van der Waals surface area contributed by atoms with Crippen molar-refractivity contribution in [3.8, 4) is 0 Å². The number of aromatic nitrogens is 2. The highest BCUT2D eigenvalue weighted by atomic mass is 35.5. The number of nitrogens with one attached hydrogen (secondary N) is 1. The minimum absolute atomic E-state index is 0.000453. The molecule has 1 saturated heterocycles. The van der Waals surface area contributed by atoms with Gasteiger partial charge in [0.1, 0.15) is 11.9 Å². The van der Waals surface area contributed by atoms with E-state index < -0.39 is 0 Å². The summed E-state index contributed by atoms with van der Waals surface area (Å²) < 4.78 is 13.3. The van der Waals surface area contributed by atoms with Gasteiger partial charge in [0.15, 0.2) is 5.69 Å². The molecule has 2 aromatic heterocycles. The van der Waals surface area contributed by atoms with Crippen molar-refractivity contribution < 1.29 is 18.7 Å². The number of amides is 2. The van der Waals surface area contributed by atoms with E-state index in [1.54, 1.807) is 23.6 Å². The molecule has 0 radical (unpaired) electrons. The highest BCUT2D eigenvalue weighted by molar-refractivity contribution is 6.30. The van der Waals surface area contributed by atoms with Crippen molar-refractivity contribution in [2.24, 2.45) is 5.92 Å². The van der Waals surface area contributed by atoms with Gasteiger partial charge in [0, 0.05) is 24.0 Å². The Morgan fingerprint density at radius 2 is 1.94 bits per heavy atom. The summed E-state index contributed by atoms with van der Waals surface area (Å²) in [6, 6.07) is 11.2. The Balaban J connectivity index is 1.17. The number of rotatable bonds is 5. The zero-order valence-corrected chi connectivity index (χ0v) is 18.8. The number of nitrogens with zero attached hydrogens (tertiary/aromatic N) is 3. The summed E-state index contributed by atoms with van der Waals surface area (Å²) in [6.45, 7) is 2.34. The second kappa shape index (κ2) is 9.41. The predicted molar refractivity (Wildman–Crippen MR) is 120 cm³/mol. The molecular formula is C24H25ClN4O4. The molecule has 8 nitrogen and oxygen atoms in total. The second-order valence-electron chi connectivity index (χ2n) is 8.41. The van der Waals surface area contributed by atoms with Crippen LogP contribution in [-0.2, 0) is 29.2 Å². The van der Waals surface area contributed by atoms with Crippen LogP contribution in [0.25, 0.3) is 0 Å². The topological polar surface area (TPSA) is 89.6 Å². The first-order chi connectivity index (χ1) is 16.1. The molecule has 0 unspecified atom stereocenters. The molecule has 0 bridgehead atoms. The Morgan fingerprint density at radius 1 is 1.15 bits per heavy atom. The molecule has 1 fully saturated rings. The number of ether oxygens (including phenoxy) is 1. The minimum atomic E-state index is -0.109. The summed E-state index contributed by atoms with van der Waals surface area (Å²) in [6.07, 6.45) is 4.44. The number of halogens is 1. The first kappa shape index (κ1) is 21.7. The van der Waals surface area contributed by atoms with E-state index in [1.165, 1.54) is 0 Å². The Labute approximate surface area is 196 Å². The van der Waals surface area contributed by atoms with Gasteiger partial charge in [-0.15, -0.1) is 0 Å². The zero-order chi connectivity index (χ0) is 22.8. The number of fused-ring (bicyclic) bond motifs is 1. The molecule has 33 heavy (non-hydrogen) atoms. The maximum atomic E-state index is 13.1. The standard InChI is InChI=1S/C24H25ClN4O4/c25-18-5-3-16(4-6-18)21-13-29-15-27-22(20(29)14-33-21)24(31)28-9-7-17(8-10-28)23(30)26-12-19-2-1-11-32-19/h1-6,11,15,17,21H,7-10,12-14H2,(H,26,30)/t21-/m0/s1. The molecule has 2 aliphatic rings. The fraction of sp³-hybridized carbons (Fsp3) is 0.375. The van der Waals surface area contributed by atoms with E-state index in [9.17, 15) is 9.59 Å². The van der Waals surface area contributed by atoms with Crippen molar-refractivity contribution in [1.82, 2.24) is 19.8 Å². The lowest BCUT2D eigenvalue weighted by Gasteiger charge is -2.31. The number of hydrogen-bond donors (Lipinski definition) is 1. The van der Waals surface area contributed by atoms with Crippen LogP contribution in [0.15, 0.2) is 53.4 Å². The van der Waals surface area contributed by atoms with Gasteiger partial charge in [-0.2, -0.15) is 0 Å². The Morgan fingerprint density at radius 3 is 2.67 bits per heavy atom. The van der Waals surface area contributed by atoms with Crippen LogP contribution >= 0.6 is 11.6 Å². The molecule has 2 amide bonds. The first-order valence-corrected chi connectivity index (χ1v) is 11.5. The maximum Gasteiger partial charge on any atom is 0.274 e. The van der Waals surface area contributed by atoms with Crippen molar-refractivity contribution >= 4 is 23.4 Å². The third kappa shape index (κ3) is 4.67. The normalized spacial score (nSPS) is 18.7. The van der Waals surface area contributed by atoms with Crippen molar-refractivity contribution in [2.45, 2.75) is 38.6 Å². The molecular weight excluding hydrogens is 444 g/mol. The summed E-state index contributed by atoms with van der Waals surface area (Å²) >= 11 is 5.98. The highest BCUT2D eigenvalue weighted by Crippen LogP contribution is 2.29. The van der Waals surface area contributed by atoms with E-state index in [1.807, 2.05) is 34.9 Å². The largest absolute Gasteiger partial charge is 0.467 e. The lowest BCUT2D eigenvalue weighted by molar-refractivity contribution is -0.126. The van der Waals surface area contributed by atoms with Gasteiger partial charge in [-0.25, -0.2) is 4.98 Å². The fourth-order valence-electron chi connectivity index (χ4n) is 4.41. The monoisotopic (exact) mass is 468 g/mol. The molecule has 9 heteroatoms. The van der Waals surface area contributed by atoms with Crippen LogP contribution < -0.4 is 5.32 Å². The number of hydrogen-bond acceptors (Lipinski definition) is 5.